The number of nitrogen functional groups attached to an aromatic ring is 2. The Kier molecular flexibility index (Phi) is 5.92. The lowest BCUT2D eigenvalue weighted by Crippen LogP contribution is -2.33. The predicted molar refractivity (Wildman–Crippen MR) is 118 cm³/mol. The van der Waals surface area contributed by atoms with Crippen molar-refractivity contribution in [2.45, 2.75) is 30.5 Å². The number of aromatic nitrogens is 4. The van der Waals surface area contributed by atoms with Crippen molar-refractivity contribution in [2.24, 2.45) is 0 Å². The number of nitrogens with two attached hydrogens (primary N) is 2. The highest BCUT2D eigenvalue weighted by Crippen LogP contribution is 2.48. The van der Waals surface area contributed by atoms with Gasteiger partial charge in [-0.1, -0.05) is 42.5 Å². The number of anilines is 2. The van der Waals surface area contributed by atoms with Crippen LogP contribution in [0.15, 0.2) is 48.7 Å². The molecule has 0 spiro atoms. The first-order valence-electron chi connectivity index (χ1n) is 10.1. The van der Waals surface area contributed by atoms with Crippen molar-refractivity contribution in [1.29, 1.82) is 0 Å². The van der Waals surface area contributed by atoms with Gasteiger partial charge in [-0.25, -0.2) is 14.8 Å². The molecule has 0 aliphatic heterocycles. The van der Waals surface area contributed by atoms with Crippen molar-refractivity contribution in [3.8, 4) is 0 Å². The van der Waals surface area contributed by atoms with Crippen LogP contribution < -0.4 is 11.5 Å². The van der Waals surface area contributed by atoms with Crippen LogP contribution in [0.3, 0.4) is 0 Å². The molecule has 0 aliphatic carbocycles. The predicted octanol–water partition coefficient (Wildman–Crippen LogP) is 3.00. The summed E-state index contributed by atoms with van der Waals surface area (Å²) in [5.74, 6) is -6.22. The molecule has 0 bridgehead atoms. The maximum absolute atomic E-state index is 14.6. The normalized spacial score (nSPS) is 14.7. The van der Waals surface area contributed by atoms with Gasteiger partial charge in [-0.2, -0.15) is 23.1 Å². The lowest BCUT2D eigenvalue weighted by molar-refractivity contribution is -0.161. The van der Waals surface area contributed by atoms with E-state index >= 15 is 0 Å². The van der Waals surface area contributed by atoms with Crippen molar-refractivity contribution in [3.05, 3.63) is 60.0 Å². The van der Waals surface area contributed by atoms with Crippen LogP contribution in [-0.2, 0) is 4.79 Å². The number of benzene rings is 2. The molecule has 3 atom stereocenters. The fraction of sp³-hybridized carbons (Fsp3) is 0.227. The van der Waals surface area contributed by atoms with E-state index in [0.717, 1.165) is 6.20 Å². The lowest BCUT2D eigenvalue weighted by atomic mass is 9.79. The minimum Gasteiger partial charge on any atom is -0.479 e. The molecule has 0 aliphatic rings. The summed E-state index contributed by atoms with van der Waals surface area (Å²) in [5, 5.41) is 20.3. The van der Waals surface area contributed by atoms with E-state index in [1.807, 2.05) is 0 Å². The molecule has 34 heavy (non-hydrogen) atoms. The second-order valence-electron chi connectivity index (χ2n) is 7.72. The zero-order valence-corrected chi connectivity index (χ0v) is 17.4. The number of nitrogens with zero attached hydrogens (tertiary/aromatic N) is 4. The summed E-state index contributed by atoms with van der Waals surface area (Å²) in [6.45, 7) is 0. The van der Waals surface area contributed by atoms with Gasteiger partial charge in [-0.3, -0.25) is 0 Å². The van der Waals surface area contributed by atoms with Crippen molar-refractivity contribution in [2.75, 3.05) is 11.5 Å². The largest absolute Gasteiger partial charge is 0.479 e. The van der Waals surface area contributed by atoms with E-state index < -0.39 is 36.5 Å². The zero-order chi connectivity index (χ0) is 24.6. The van der Waals surface area contributed by atoms with E-state index in [4.69, 9.17) is 11.5 Å². The quantitative estimate of drug-likeness (QED) is 0.330. The van der Waals surface area contributed by atoms with E-state index in [1.54, 1.807) is 30.3 Å². The first-order chi connectivity index (χ1) is 16.1. The van der Waals surface area contributed by atoms with Gasteiger partial charge in [-0.05, 0) is 22.8 Å². The number of alkyl halides is 3. The average Bonchev–Trinajstić information content (AvgIpc) is 2.77. The van der Waals surface area contributed by atoms with Gasteiger partial charge in [-0.15, -0.1) is 0 Å². The molecular weight excluding hydrogens is 453 g/mol. The number of halogens is 3. The van der Waals surface area contributed by atoms with Crippen LogP contribution >= 0.6 is 0 Å². The summed E-state index contributed by atoms with van der Waals surface area (Å²) in [7, 11) is 0. The van der Waals surface area contributed by atoms with E-state index in [-0.39, 0.29) is 34.2 Å². The maximum Gasteiger partial charge on any atom is 0.396 e. The number of carboxylic acids is 1. The van der Waals surface area contributed by atoms with E-state index in [1.165, 1.54) is 12.1 Å². The monoisotopic (exact) mass is 472 g/mol. The van der Waals surface area contributed by atoms with Gasteiger partial charge >= 0.3 is 12.1 Å². The number of hydrogen-bond acceptors (Lipinski definition) is 8. The molecule has 4 aromatic rings. The van der Waals surface area contributed by atoms with Gasteiger partial charge in [0.05, 0.1) is 11.3 Å². The minimum absolute atomic E-state index is 0.0578. The average molecular weight is 472 g/mol. The Morgan fingerprint density at radius 2 is 1.71 bits per heavy atom. The second-order valence-corrected chi connectivity index (χ2v) is 7.72. The van der Waals surface area contributed by atoms with Crippen LogP contribution in [0.25, 0.3) is 21.8 Å². The van der Waals surface area contributed by atoms with Crippen molar-refractivity contribution < 1.29 is 28.2 Å². The highest BCUT2D eigenvalue weighted by Gasteiger charge is 2.49. The van der Waals surface area contributed by atoms with Gasteiger partial charge in [0.15, 0.2) is 11.8 Å². The minimum atomic E-state index is -4.84. The molecule has 0 radical (unpaired) electrons. The summed E-state index contributed by atoms with van der Waals surface area (Å²) in [5.41, 5.74) is 11.2. The Hall–Kier alpha value is -4.06. The fourth-order valence-electron chi connectivity index (χ4n) is 4.02. The van der Waals surface area contributed by atoms with Crippen LogP contribution in [0.5, 0.6) is 0 Å². The van der Waals surface area contributed by atoms with Gasteiger partial charge < -0.3 is 21.7 Å². The smallest absolute Gasteiger partial charge is 0.396 e. The summed E-state index contributed by atoms with van der Waals surface area (Å²) in [4.78, 5) is 27.2. The van der Waals surface area contributed by atoms with Gasteiger partial charge in [0.1, 0.15) is 11.6 Å². The molecule has 3 unspecified atom stereocenters. The first kappa shape index (κ1) is 23.1. The molecule has 6 N–H and O–H groups in total. The highest BCUT2D eigenvalue weighted by molar-refractivity contribution is 5.87. The zero-order valence-electron chi connectivity index (χ0n) is 17.4. The molecular formula is C22H19F3N6O3. The Morgan fingerprint density at radius 3 is 2.41 bits per heavy atom. The summed E-state index contributed by atoms with van der Waals surface area (Å²) >= 11 is 0. The maximum atomic E-state index is 14.6. The van der Waals surface area contributed by atoms with Crippen LogP contribution in [0, 0.1) is 0 Å². The number of aliphatic carboxylic acids is 1. The van der Waals surface area contributed by atoms with Crippen molar-refractivity contribution in [3.63, 3.8) is 0 Å². The highest BCUT2D eigenvalue weighted by atomic mass is 19.4. The van der Waals surface area contributed by atoms with Gasteiger partial charge in [0.25, 0.3) is 0 Å². The van der Waals surface area contributed by atoms with Crippen LogP contribution in [0.4, 0.5) is 24.9 Å². The number of aliphatic hydroxyl groups is 1. The fourth-order valence-corrected chi connectivity index (χ4v) is 4.02. The molecule has 0 saturated heterocycles. The topological polar surface area (TPSA) is 161 Å². The standard InChI is InChI=1S/C22H19F3N6O3/c23-22(24,25)16(12-7-3-5-10-4-1-2-6-11(10)12)13(8-15(32)20(33)34)18-28-9-14-17(26)29-21(27)31-19(14)30-18/h1-7,9,13,15-16,32H,8H2,(H,33,34)(H4,26,27,28,29,30,31). The number of carbonyl (C=O) groups is 1. The molecule has 2 aromatic heterocycles. The SMILES string of the molecule is Nc1nc(N)c2cnc(C(CC(O)C(=O)O)C(c3cccc4ccccc34)C(F)(F)F)nc2n1. The van der Waals surface area contributed by atoms with Crippen LogP contribution in [0.2, 0.25) is 0 Å². The number of rotatable bonds is 6. The van der Waals surface area contributed by atoms with Crippen molar-refractivity contribution in [1.82, 2.24) is 19.9 Å². The Labute approximate surface area is 190 Å². The Balaban J connectivity index is 1.96. The van der Waals surface area contributed by atoms with Crippen LogP contribution in [-0.4, -0.2) is 48.4 Å². The Bertz CT molecular complexity index is 1380. The third kappa shape index (κ3) is 4.39. The Morgan fingerprint density at radius 1 is 1.00 bits per heavy atom. The van der Waals surface area contributed by atoms with Gasteiger partial charge in [0, 0.05) is 12.1 Å². The molecule has 0 amide bonds. The molecule has 0 fully saturated rings. The molecule has 2 aromatic carbocycles. The van der Waals surface area contributed by atoms with E-state index in [0.29, 0.717) is 10.8 Å². The molecule has 9 nitrogen and oxygen atoms in total. The van der Waals surface area contributed by atoms with Crippen LogP contribution in [0.1, 0.15) is 29.6 Å². The van der Waals surface area contributed by atoms with E-state index in [9.17, 15) is 28.2 Å². The molecule has 4 rings (SSSR count). The first-order valence-corrected chi connectivity index (χ1v) is 10.1. The number of fused-ring (bicyclic) bond motifs is 2. The number of carboxylic acid groups (broad SMARTS) is 1. The number of hydrogen-bond donors (Lipinski definition) is 4. The van der Waals surface area contributed by atoms with E-state index in [2.05, 4.69) is 19.9 Å². The summed E-state index contributed by atoms with van der Waals surface area (Å²) < 4.78 is 43.8. The second kappa shape index (κ2) is 8.71. The van der Waals surface area contributed by atoms with Gasteiger partial charge in [0.2, 0.25) is 5.95 Å². The molecule has 2 heterocycles. The summed E-state index contributed by atoms with van der Waals surface area (Å²) in [6, 6.07) is 11.0. The number of aliphatic hydroxyl groups excluding tert-OH is 1. The third-order valence-corrected chi connectivity index (χ3v) is 5.53. The summed E-state index contributed by atoms with van der Waals surface area (Å²) in [6.07, 6.45) is -6.58. The lowest BCUT2D eigenvalue weighted by Gasteiger charge is -2.30. The molecule has 176 valence electrons. The molecule has 0 saturated carbocycles. The van der Waals surface area contributed by atoms with Crippen molar-refractivity contribution >= 4 is 39.5 Å². The molecule has 12 heteroatoms. The third-order valence-electron chi connectivity index (χ3n) is 5.53.